The summed E-state index contributed by atoms with van der Waals surface area (Å²) in [7, 11) is 0. The highest BCUT2D eigenvalue weighted by Gasteiger charge is 2.45. The molecule has 1 aromatic rings. The van der Waals surface area contributed by atoms with Crippen LogP contribution in [-0.2, 0) is 9.59 Å². The fourth-order valence-corrected chi connectivity index (χ4v) is 2.16. The zero-order valence-corrected chi connectivity index (χ0v) is 11.5. The van der Waals surface area contributed by atoms with E-state index < -0.39 is 29.3 Å². The predicted molar refractivity (Wildman–Crippen MR) is 70.3 cm³/mol. The number of ether oxygens (including phenoxy) is 1. The lowest BCUT2D eigenvalue weighted by Crippen LogP contribution is -2.59. The van der Waals surface area contributed by atoms with Gasteiger partial charge in [-0.25, -0.2) is 9.18 Å². The van der Waals surface area contributed by atoms with Crippen LogP contribution in [0.25, 0.3) is 0 Å². The summed E-state index contributed by atoms with van der Waals surface area (Å²) in [6, 6.07) is 3.74. The standard InChI is InChI=1S/C14H16FNO4/c1-4-10-12(17)16(14(2,3)13(18)19)9-7-8(15)5-6-11(9)20-10/h5-7,10H,4H2,1-3H3,(H,18,19). The number of carbonyl (C=O) groups excluding carboxylic acids is 1. The molecule has 0 aliphatic carbocycles. The summed E-state index contributed by atoms with van der Waals surface area (Å²) < 4.78 is 18.9. The molecule has 0 radical (unpaired) electrons. The molecule has 0 fully saturated rings. The molecule has 0 saturated carbocycles. The number of amides is 1. The number of hydrogen-bond acceptors (Lipinski definition) is 3. The minimum absolute atomic E-state index is 0.145. The van der Waals surface area contributed by atoms with Gasteiger partial charge in [0.2, 0.25) is 0 Å². The van der Waals surface area contributed by atoms with Crippen molar-refractivity contribution >= 4 is 17.6 Å². The van der Waals surface area contributed by atoms with Crippen LogP contribution >= 0.6 is 0 Å². The largest absolute Gasteiger partial charge is 0.480 e. The van der Waals surface area contributed by atoms with Gasteiger partial charge < -0.3 is 9.84 Å². The average molecular weight is 281 g/mol. The molecule has 108 valence electrons. The van der Waals surface area contributed by atoms with Crippen molar-refractivity contribution in [2.45, 2.75) is 38.8 Å². The SMILES string of the molecule is CCC1Oc2ccc(F)cc2N(C(C)(C)C(=O)O)C1=O. The average Bonchev–Trinajstić information content (AvgIpc) is 2.37. The van der Waals surface area contributed by atoms with E-state index in [0.717, 1.165) is 11.0 Å². The van der Waals surface area contributed by atoms with E-state index in [1.54, 1.807) is 6.92 Å². The number of hydrogen-bond donors (Lipinski definition) is 1. The third-order valence-corrected chi connectivity index (χ3v) is 3.38. The van der Waals surface area contributed by atoms with Crippen molar-refractivity contribution in [3.63, 3.8) is 0 Å². The van der Waals surface area contributed by atoms with E-state index in [1.807, 2.05) is 0 Å². The molecule has 1 unspecified atom stereocenters. The number of carboxylic acid groups (broad SMARTS) is 1. The molecule has 6 heteroatoms. The van der Waals surface area contributed by atoms with Crippen LogP contribution in [0.5, 0.6) is 5.75 Å². The van der Waals surface area contributed by atoms with Gasteiger partial charge in [0.15, 0.2) is 6.10 Å². The third kappa shape index (κ3) is 2.11. The second-order valence-corrected chi connectivity index (χ2v) is 5.16. The summed E-state index contributed by atoms with van der Waals surface area (Å²) in [5, 5.41) is 9.34. The van der Waals surface area contributed by atoms with E-state index in [1.165, 1.54) is 26.0 Å². The van der Waals surface area contributed by atoms with Gasteiger partial charge in [0, 0.05) is 6.07 Å². The molecule has 1 aromatic carbocycles. The Hall–Kier alpha value is -2.11. The highest BCUT2D eigenvalue weighted by atomic mass is 19.1. The second kappa shape index (κ2) is 4.77. The molecule has 0 spiro atoms. The number of anilines is 1. The minimum Gasteiger partial charge on any atom is -0.480 e. The first-order valence-corrected chi connectivity index (χ1v) is 6.32. The maximum atomic E-state index is 13.4. The maximum absolute atomic E-state index is 13.4. The summed E-state index contributed by atoms with van der Waals surface area (Å²) >= 11 is 0. The normalized spacial score (nSPS) is 18.5. The predicted octanol–water partition coefficient (Wildman–Crippen LogP) is 2.19. The summed E-state index contributed by atoms with van der Waals surface area (Å²) in [5.74, 6) is -1.88. The maximum Gasteiger partial charge on any atom is 0.329 e. The molecule has 0 aromatic heterocycles. The van der Waals surface area contributed by atoms with Crippen LogP contribution < -0.4 is 9.64 Å². The van der Waals surface area contributed by atoms with Crippen LogP contribution in [0.4, 0.5) is 10.1 Å². The van der Waals surface area contributed by atoms with Crippen molar-refractivity contribution in [1.82, 2.24) is 0 Å². The summed E-state index contributed by atoms with van der Waals surface area (Å²) in [6.45, 7) is 4.57. The molecule has 2 rings (SSSR count). The fraction of sp³-hybridized carbons (Fsp3) is 0.429. The number of carbonyl (C=O) groups is 2. The molecule has 20 heavy (non-hydrogen) atoms. The Morgan fingerprint density at radius 2 is 2.15 bits per heavy atom. The Morgan fingerprint density at radius 3 is 2.70 bits per heavy atom. The molecular weight excluding hydrogens is 265 g/mol. The molecule has 0 bridgehead atoms. The van der Waals surface area contributed by atoms with Gasteiger partial charge in [-0.1, -0.05) is 6.92 Å². The van der Waals surface area contributed by atoms with Gasteiger partial charge in [0.1, 0.15) is 17.1 Å². The van der Waals surface area contributed by atoms with E-state index >= 15 is 0 Å². The summed E-state index contributed by atoms with van der Waals surface area (Å²) in [4.78, 5) is 24.9. The fourth-order valence-electron chi connectivity index (χ4n) is 2.16. The number of carboxylic acids is 1. The molecule has 1 atom stereocenters. The van der Waals surface area contributed by atoms with Crippen molar-refractivity contribution in [2.75, 3.05) is 4.90 Å². The van der Waals surface area contributed by atoms with Crippen LogP contribution in [0, 0.1) is 5.82 Å². The summed E-state index contributed by atoms with van der Waals surface area (Å²) in [5.41, 5.74) is -1.34. The van der Waals surface area contributed by atoms with Crippen molar-refractivity contribution in [3.05, 3.63) is 24.0 Å². The Balaban J connectivity index is 2.62. The molecular formula is C14H16FNO4. The molecule has 1 N–H and O–H groups in total. The van der Waals surface area contributed by atoms with Crippen LogP contribution in [0.3, 0.4) is 0 Å². The Morgan fingerprint density at radius 1 is 1.50 bits per heavy atom. The number of rotatable bonds is 3. The van der Waals surface area contributed by atoms with Crippen molar-refractivity contribution in [1.29, 1.82) is 0 Å². The van der Waals surface area contributed by atoms with Crippen LogP contribution in [0.15, 0.2) is 18.2 Å². The van der Waals surface area contributed by atoms with Gasteiger partial charge in [-0.05, 0) is 32.4 Å². The van der Waals surface area contributed by atoms with Gasteiger partial charge in [0.05, 0.1) is 5.69 Å². The monoisotopic (exact) mass is 281 g/mol. The van der Waals surface area contributed by atoms with E-state index in [4.69, 9.17) is 4.74 Å². The van der Waals surface area contributed by atoms with Crippen molar-refractivity contribution < 1.29 is 23.8 Å². The lowest BCUT2D eigenvalue weighted by atomic mass is 9.98. The smallest absolute Gasteiger partial charge is 0.329 e. The Bertz CT molecular complexity index is 570. The van der Waals surface area contributed by atoms with Gasteiger partial charge in [-0.2, -0.15) is 0 Å². The molecule has 1 aliphatic heterocycles. The third-order valence-electron chi connectivity index (χ3n) is 3.38. The molecule has 1 aliphatic rings. The van der Waals surface area contributed by atoms with E-state index in [9.17, 15) is 19.1 Å². The molecule has 1 heterocycles. The summed E-state index contributed by atoms with van der Waals surface area (Å²) in [6.07, 6.45) is -0.353. The minimum atomic E-state index is -1.49. The van der Waals surface area contributed by atoms with Crippen LogP contribution in [-0.4, -0.2) is 28.6 Å². The van der Waals surface area contributed by atoms with Gasteiger partial charge >= 0.3 is 5.97 Å². The lowest BCUT2D eigenvalue weighted by Gasteiger charge is -2.41. The number of halogens is 1. The quantitative estimate of drug-likeness (QED) is 0.922. The van der Waals surface area contributed by atoms with Crippen LogP contribution in [0.1, 0.15) is 27.2 Å². The first-order valence-electron chi connectivity index (χ1n) is 6.32. The van der Waals surface area contributed by atoms with E-state index in [0.29, 0.717) is 12.2 Å². The van der Waals surface area contributed by atoms with Gasteiger partial charge in [-0.3, -0.25) is 9.69 Å². The highest BCUT2D eigenvalue weighted by molar-refractivity contribution is 6.05. The zero-order chi connectivity index (χ0) is 15.1. The van der Waals surface area contributed by atoms with E-state index in [2.05, 4.69) is 0 Å². The van der Waals surface area contributed by atoms with Gasteiger partial charge in [-0.15, -0.1) is 0 Å². The van der Waals surface area contributed by atoms with Gasteiger partial charge in [0.25, 0.3) is 5.91 Å². The topological polar surface area (TPSA) is 66.8 Å². The molecule has 5 nitrogen and oxygen atoms in total. The molecule has 1 amide bonds. The number of benzene rings is 1. The van der Waals surface area contributed by atoms with Crippen LogP contribution in [0.2, 0.25) is 0 Å². The number of nitrogens with zero attached hydrogens (tertiary/aromatic N) is 1. The second-order valence-electron chi connectivity index (χ2n) is 5.16. The van der Waals surface area contributed by atoms with E-state index in [-0.39, 0.29) is 5.69 Å². The first-order chi connectivity index (χ1) is 9.28. The highest BCUT2D eigenvalue weighted by Crippen LogP contribution is 2.39. The Labute approximate surface area is 116 Å². The molecule has 0 saturated heterocycles. The first kappa shape index (κ1) is 14.3. The lowest BCUT2D eigenvalue weighted by molar-refractivity contribution is -0.145. The Kier molecular flexibility index (Phi) is 3.41. The number of fused-ring (bicyclic) bond motifs is 1. The van der Waals surface area contributed by atoms with Crippen molar-refractivity contribution in [3.8, 4) is 5.75 Å². The number of aliphatic carboxylic acids is 1. The van der Waals surface area contributed by atoms with Crippen molar-refractivity contribution in [2.24, 2.45) is 0 Å². The zero-order valence-electron chi connectivity index (χ0n) is 11.5.